The van der Waals surface area contributed by atoms with Gasteiger partial charge in [-0.15, -0.1) is 10.2 Å². The molecule has 0 bridgehead atoms. The van der Waals surface area contributed by atoms with E-state index in [1.165, 1.54) is 16.3 Å². The molecule has 0 aliphatic carbocycles. The van der Waals surface area contributed by atoms with Crippen molar-refractivity contribution < 1.29 is 14.3 Å². The Morgan fingerprint density at radius 3 is 2.57 bits per heavy atom. The molecule has 9 nitrogen and oxygen atoms in total. The molecule has 3 heterocycles. The molecule has 1 aliphatic heterocycles. The summed E-state index contributed by atoms with van der Waals surface area (Å²) in [5.41, 5.74) is 1.81. The molecule has 1 amide bonds. The molecule has 0 spiro atoms. The van der Waals surface area contributed by atoms with Gasteiger partial charge in [0.05, 0.1) is 22.3 Å². The summed E-state index contributed by atoms with van der Waals surface area (Å²) in [6.07, 6.45) is 0. The highest BCUT2D eigenvalue weighted by Crippen LogP contribution is 2.32. The molecule has 5 aromatic rings. The molecular formula is C25H19N5O4S. The molecule has 0 unspecified atom stereocenters. The molecule has 6 rings (SSSR count). The van der Waals surface area contributed by atoms with Crippen LogP contribution in [-0.4, -0.2) is 44.0 Å². The molecule has 174 valence electrons. The van der Waals surface area contributed by atoms with Crippen molar-refractivity contribution in [2.24, 2.45) is 0 Å². The lowest BCUT2D eigenvalue weighted by Gasteiger charge is -2.18. The Kier molecular flexibility index (Phi) is 5.34. The number of carbonyl (C=O) groups excluding carboxylic acids is 1. The van der Waals surface area contributed by atoms with Crippen molar-refractivity contribution in [2.45, 2.75) is 5.16 Å². The normalized spacial score (nSPS) is 12.7. The van der Waals surface area contributed by atoms with Crippen LogP contribution in [0.3, 0.4) is 0 Å². The van der Waals surface area contributed by atoms with Gasteiger partial charge in [0.2, 0.25) is 11.7 Å². The SMILES string of the molecule is O=C(CSc1nnc2n(-c3ccccc3)c(=O)c3ccccc3n12)Nc1ccc2c(c1)OCCO2. The summed E-state index contributed by atoms with van der Waals surface area (Å²) in [6.45, 7) is 0.983. The van der Waals surface area contributed by atoms with Crippen molar-refractivity contribution in [3.8, 4) is 17.2 Å². The number of nitrogens with one attached hydrogen (secondary N) is 1. The van der Waals surface area contributed by atoms with Crippen LogP contribution in [-0.2, 0) is 4.79 Å². The molecule has 1 N–H and O–H groups in total. The molecule has 1 aliphatic rings. The number of hydrogen-bond donors (Lipinski definition) is 1. The molecule has 2 aromatic heterocycles. The highest BCUT2D eigenvalue weighted by molar-refractivity contribution is 7.99. The Balaban J connectivity index is 1.32. The van der Waals surface area contributed by atoms with Gasteiger partial charge in [0.15, 0.2) is 16.7 Å². The summed E-state index contributed by atoms with van der Waals surface area (Å²) in [5, 5.41) is 12.5. The van der Waals surface area contributed by atoms with Crippen molar-refractivity contribution >= 4 is 40.0 Å². The van der Waals surface area contributed by atoms with Gasteiger partial charge in [0.1, 0.15) is 13.2 Å². The fourth-order valence-electron chi connectivity index (χ4n) is 4.03. The van der Waals surface area contributed by atoms with Gasteiger partial charge < -0.3 is 14.8 Å². The van der Waals surface area contributed by atoms with Crippen LogP contribution in [0.1, 0.15) is 0 Å². The summed E-state index contributed by atoms with van der Waals surface area (Å²) in [4.78, 5) is 26.0. The van der Waals surface area contributed by atoms with Crippen LogP contribution in [0.15, 0.2) is 82.7 Å². The third kappa shape index (κ3) is 3.87. The lowest BCUT2D eigenvalue weighted by Crippen LogP contribution is -2.22. The van der Waals surface area contributed by atoms with E-state index in [0.717, 1.165) is 0 Å². The van der Waals surface area contributed by atoms with Gasteiger partial charge in [-0.1, -0.05) is 42.1 Å². The van der Waals surface area contributed by atoms with Gasteiger partial charge in [-0.25, -0.2) is 4.57 Å². The fraction of sp³-hybridized carbons (Fsp3) is 0.120. The molecule has 10 heteroatoms. The van der Waals surface area contributed by atoms with Gasteiger partial charge in [-0.05, 0) is 36.4 Å². The van der Waals surface area contributed by atoms with E-state index in [0.29, 0.717) is 57.9 Å². The minimum Gasteiger partial charge on any atom is -0.486 e. The Morgan fingerprint density at radius 2 is 1.71 bits per heavy atom. The quantitative estimate of drug-likeness (QED) is 0.380. The second-order valence-electron chi connectivity index (χ2n) is 7.81. The predicted molar refractivity (Wildman–Crippen MR) is 133 cm³/mol. The molecular weight excluding hydrogens is 466 g/mol. The highest BCUT2D eigenvalue weighted by Gasteiger charge is 2.19. The maximum Gasteiger partial charge on any atom is 0.267 e. The maximum absolute atomic E-state index is 13.3. The van der Waals surface area contributed by atoms with E-state index in [2.05, 4.69) is 15.5 Å². The molecule has 35 heavy (non-hydrogen) atoms. The van der Waals surface area contributed by atoms with Crippen LogP contribution in [0.5, 0.6) is 11.5 Å². The first-order valence-corrected chi connectivity index (χ1v) is 11.9. The summed E-state index contributed by atoms with van der Waals surface area (Å²) in [7, 11) is 0. The first kappa shape index (κ1) is 21.2. The van der Waals surface area contributed by atoms with Gasteiger partial charge in [-0.2, -0.15) is 0 Å². The van der Waals surface area contributed by atoms with Crippen LogP contribution < -0.4 is 20.3 Å². The van der Waals surface area contributed by atoms with Crippen LogP contribution >= 0.6 is 11.8 Å². The van der Waals surface area contributed by atoms with Crippen molar-refractivity contribution in [3.63, 3.8) is 0 Å². The Hall–Kier alpha value is -4.31. The third-order valence-electron chi connectivity index (χ3n) is 5.57. The van der Waals surface area contributed by atoms with Crippen molar-refractivity contribution in [1.29, 1.82) is 0 Å². The average Bonchev–Trinajstić information content (AvgIpc) is 3.32. The zero-order chi connectivity index (χ0) is 23.8. The molecule has 0 radical (unpaired) electrons. The van der Waals surface area contributed by atoms with Crippen LogP contribution in [0.25, 0.3) is 22.4 Å². The topological polar surface area (TPSA) is 99.8 Å². The number of ether oxygens (including phenoxy) is 2. The Labute approximate surface area is 203 Å². The Morgan fingerprint density at radius 1 is 0.943 bits per heavy atom. The number of hydrogen-bond acceptors (Lipinski definition) is 7. The number of carbonyl (C=O) groups is 1. The monoisotopic (exact) mass is 485 g/mol. The summed E-state index contributed by atoms with van der Waals surface area (Å²) in [5.74, 6) is 1.55. The molecule has 0 saturated carbocycles. The fourth-order valence-corrected chi connectivity index (χ4v) is 4.77. The first-order chi connectivity index (χ1) is 17.2. The van der Waals surface area contributed by atoms with E-state index in [-0.39, 0.29) is 17.2 Å². The maximum atomic E-state index is 13.3. The summed E-state index contributed by atoms with van der Waals surface area (Å²) in [6, 6.07) is 21.9. The van der Waals surface area contributed by atoms with Crippen molar-refractivity contribution in [1.82, 2.24) is 19.2 Å². The van der Waals surface area contributed by atoms with Crippen LogP contribution in [0.4, 0.5) is 5.69 Å². The Bertz CT molecular complexity index is 1630. The minimum absolute atomic E-state index is 0.105. The molecule has 0 atom stereocenters. The largest absolute Gasteiger partial charge is 0.486 e. The zero-order valence-electron chi connectivity index (χ0n) is 18.4. The van der Waals surface area contributed by atoms with E-state index in [4.69, 9.17) is 9.47 Å². The highest BCUT2D eigenvalue weighted by atomic mass is 32.2. The average molecular weight is 486 g/mol. The van der Waals surface area contributed by atoms with Crippen LogP contribution in [0.2, 0.25) is 0 Å². The van der Waals surface area contributed by atoms with E-state index in [1.54, 1.807) is 24.3 Å². The summed E-state index contributed by atoms with van der Waals surface area (Å²) >= 11 is 1.24. The number of anilines is 1. The van der Waals surface area contributed by atoms with Crippen molar-refractivity contribution in [2.75, 3.05) is 24.3 Å². The smallest absolute Gasteiger partial charge is 0.267 e. The van der Waals surface area contributed by atoms with E-state index in [1.807, 2.05) is 52.9 Å². The number of nitrogens with zero attached hydrogens (tertiary/aromatic N) is 4. The number of aromatic nitrogens is 4. The first-order valence-electron chi connectivity index (χ1n) is 11.0. The predicted octanol–water partition coefficient (Wildman–Crippen LogP) is 3.54. The van der Waals surface area contributed by atoms with Gasteiger partial charge >= 0.3 is 0 Å². The van der Waals surface area contributed by atoms with Gasteiger partial charge in [-0.3, -0.25) is 14.0 Å². The number of fused-ring (bicyclic) bond motifs is 4. The second kappa shape index (κ2) is 8.80. The number of benzene rings is 3. The van der Waals surface area contributed by atoms with Crippen LogP contribution in [0, 0.1) is 0 Å². The standard InChI is InChI=1S/C25H19N5O4S/c31-22(26-16-10-11-20-21(14-16)34-13-12-33-20)15-35-25-28-27-24-29(17-6-2-1-3-7-17)23(32)18-8-4-5-9-19(18)30(24)25/h1-11,14H,12-13,15H2,(H,26,31). The summed E-state index contributed by atoms with van der Waals surface area (Å²) < 4.78 is 14.4. The van der Waals surface area contributed by atoms with Gasteiger partial charge in [0, 0.05) is 11.8 Å². The minimum atomic E-state index is -0.205. The molecule has 0 fully saturated rings. The number of amides is 1. The lowest BCUT2D eigenvalue weighted by atomic mass is 10.2. The van der Waals surface area contributed by atoms with Gasteiger partial charge in [0.25, 0.3) is 5.56 Å². The van der Waals surface area contributed by atoms with E-state index >= 15 is 0 Å². The number of rotatable bonds is 5. The van der Waals surface area contributed by atoms with E-state index < -0.39 is 0 Å². The third-order valence-corrected chi connectivity index (χ3v) is 6.50. The second-order valence-corrected chi connectivity index (χ2v) is 8.75. The van der Waals surface area contributed by atoms with Crippen molar-refractivity contribution in [3.05, 3.63) is 83.2 Å². The molecule has 3 aromatic carbocycles. The zero-order valence-corrected chi connectivity index (χ0v) is 19.2. The lowest BCUT2D eigenvalue weighted by molar-refractivity contribution is -0.113. The van der Waals surface area contributed by atoms with E-state index in [9.17, 15) is 9.59 Å². The number of thioether (sulfide) groups is 1. The molecule has 0 saturated heterocycles. The number of para-hydroxylation sites is 2.